The van der Waals surface area contributed by atoms with Crippen LogP contribution in [0.5, 0.6) is 0 Å². The monoisotopic (exact) mass is 356 g/mol. The van der Waals surface area contributed by atoms with Crippen LogP contribution in [0.2, 0.25) is 5.02 Å². The number of benzene rings is 2. The van der Waals surface area contributed by atoms with Gasteiger partial charge in [0.25, 0.3) is 0 Å². The number of rotatable bonds is 5. The van der Waals surface area contributed by atoms with Crippen molar-refractivity contribution >= 4 is 39.3 Å². The van der Waals surface area contributed by atoms with E-state index in [9.17, 15) is 13.2 Å². The first kappa shape index (κ1) is 16.8. The highest BCUT2D eigenvalue weighted by Crippen LogP contribution is 2.32. The van der Waals surface area contributed by atoms with Crippen LogP contribution in [0, 0.1) is 0 Å². The first-order valence-electron chi connectivity index (χ1n) is 6.12. The van der Waals surface area contributed by atoms with Crippen LogP contribution in [0.4, 0.5) is 0 Å². The van der Waals surface area contributed by atoms with Crippen molar-refractivity contribution in [3.05, 3.63) is 58.6 Å². The summed E-state index contributed by atoms with van der Waals surface area (Å²) in [6.45, 7) is 0. The van der Waals surface area contributed by atoms with Crippen molar-refractivity contribution in [3.63, 3.8) is 0 Å². The van der Waals surface area contributed by atoms with Crippen LogP contribution in [0.3, 0.4) is 0 Å². The van der Waals surface area contributed by atoms with Crippen molar-refractivity contribution in [2.24, 2.45) is 10.9 Å². The quantitative estimate of drug-likeness (QED) is 0.802. The molecule has 0 aliphatic carbocycles. The molecule has 22 heavy (non-hydrogen) atoms. The Labute approximate surface area is 137 Å². The van der Waals surface area contributed by atoms with E-state index in [2.05, 4.69) is 0 Å². The third-order valence-corrected chi connectivity index (χ3v) is 5.35. The Balaban J connectivity index is 2.39. The van der Waals surface area contributed by atoms with Crippen molar-refractivity contribution in [1.29, 1.82) is 0 Å². The van der Waals surface area contributed by atoms with Crippen LogP contribution in [0.15, 0.2) is 52.3 Å². The van der Waals surface area contributed by atoms with Gasteiger partial charge in [-0.2, -0.15) is 0 Å². The van der Waals surface area contributed by atoms with Gasteiger partial charge in [-0.25, -0.2) is 13.6 Å². The summed E-state index contributed by atoms with van der Waals surface area (Å²) in [4.78, 5) is 11.7. The Bertz CT molecular complexity index is 808. The Morgan fingerprint density at radius 2 is 1.82 bits per heavy atom. The predicted molar refractivity (Wildman–Crippen MR) is 87.3 cm³/mol. The molecule has 0 aliphatic heterocycles. The van der Waals surface area contributed by atoms with E-state index in [0.717, 1.165) is 11.6 Å². The van der Waals surface area contributed by atoms with Crippen molar-refractivity contribution in [2.45, 2.75) is 15.5 Å². The van der Waals surface area contributed by atoms with Gasteiger partial charge in [-0.15, -0.1) is 11.8 Å². The molecule has 5 nitrogen and oxygen atoms in total. The molecule has 2 rings (SSSR count). The molecule has 0 radical (unpaired) electrons. The molecule has 0 aromatic heterocycles. The van der Waals surface area contributed by atoms with Crippen molar-refractivity contribution in [2.75, 3.05) is 0 Å². The topological polar surface area (TPSA) is 103 Å². The molecule has 2 aromatic rings. The molecule has 0 saturated carbocycles. The Hall–Kier alpha value is -1.54. The Morgan fingerprint density at radius 3 is 2.36 bits per heavy atom. The smallest absolute Gasteiger partial charge is 0.249 e. The summed E-state index contributed by atoms with van der Waals surface area (Å²) in [6.07, 6.45) is 0. The number of sulfonamides is 1. The highest BCUT2D eigenvalue weighted by molar-refractivity contribution is 7.98. The summed E-state index contributed by atoms with van der Waals surface area (Å²) in [7, 11) is -4.02. The van der Waals surface area contributed by atoms with Gasteiger partial charge in [0.15, 0.2) is 0 Å². The maximum Gasteiger partial charge on any atom is 0.249 e. The molecule has 4 N–H and O–H groups in total. The van der Waals surface area contributed by atoms with E-state index in [4.69, 9.17) is 22.5 Å². The minimum atomic E-state index is -4.02. The van der Waals surface area contributed by atoms with E-state index >= 15 is 0 Å². The number of halogens is 1. The molecule has 2 aromatic carbocycles. The van der Waals surface area contributed by atoms with E-state index < -0.39 is 15.9 Å². The summed E-state index contributed by atoms with van der Waals surface area (Å²) in [5.74, 6) is -0.149. The summed E-state index contributed by atoms with van der Waals surface area (Å²) in [6, 6.07) is 12.1. The molecule has 0 fully saturated rings. The van der Waals surface area contributed by atoms with Gasteiger partial charge in [-0.3, -0.25) is 4.79 Å². The molecule has 8 heteroatoms. The average molecular weight is 357 g/mol. The molecular formula is C14H13ClN2O3S2. The fourth-order valence-corrected chi connectivity index (χ4v) is 4.00. The highest BCUT2D eigenvalue weighted by Gasteiger charge is 2.19. The zero-order valence-corrected chi connectivity index (χ0v) is 13.7. The SMILES string of the molecule is NC(=O)c1cc(S(N)(=O)=O)c(Cl)cc1SCc1ccccc1. The second-order valence-corrected chi connectivity index (χ2v) is 7.42. The van der Waals surface area contributed by atoms with Crippen LogP contribution in [0.25, 0.3) is 0 Å². The highest BCUT2D eigenvalue weighted by atomic mass is 35.5. The molecule has 0 unspecified atom stereocenters. The summed E-state index contributed by atoms with van der Waals surface area (Å²) < 4.78 is 22.9. The van der Waals surface area contributed by atoms with Gasteiger partial charge >= 0.3 is 0 Å². The largest absolute Gasteiger partial charge is 0.366 e. The van der Waals surface area contributed by atoms with Gasteiger partial charge < -0.3 is 5.73 Å². The molecule has 116 valence electrons. The number of primary sulfonamides is 1. The number of carbonyl (C=O) groups is 1. The van der Waals surface area contributed by atoms with E-state index in [1.165, 1.54) is 17.8 Å². The number of nitrogens with two attached hydrogens (primary N) is 2. The molecule has 0 atom stereocenters. The second-order valence-electron chi connectivity index (χ2n) is 4.46. The number of primary amides is 1. The summed E-state index contributed by atoms with van der Waals surface area (Å²) in [5, 5.41) is 5.03. The van der Waals surface area contributed by atoms with Crippen LogP contribution in [0.1, 0.15) is 15.9 Å². The molecular weight excluding hydrogens is 344 g/mol. The normalized spacial score (nSPS) is 11.4. The summed E-state index contributed by atoms with van der Waals surface area (Å²) >= 11 is 7.29. The zero-order valence-electron chi connectivity index (χ0n) is 11.3. The fourth-order valence-electron chi connectivity index (χ4n) is 1.80. The Kier molecular flexibility index (Phi) is 5.12. The van der Waals surface area contributed by atoms with Gasteiger partial charge in [0.05, 0.1) is 10.6 Å². The number of hydrogen-bond donors (Lipinski definition) is 2. The molecule has 1 amide bonds. The van der Waals surface area contributed by atoms with Crippen LogP contribution >= 0.6 is 23.4 Å². The first-order valence-corrected chi connectivity index (χ1v) is 9.03. The maximum absolute atomic E-state index is 11.6. The van der Waals surface area contributed by atoms with Crippen LogP contribution < -0.4 is 10.9 Å². The number of thioether (sulfide) groups is 1. The van der Waals surface area contributed by atoms with Gasteiger partial charge in [-0.05, 0) is 17.7 Å². The van der Waals surface area contributed by atoms with Crippen molar-refractivity contribution in [3.8, 4) is 0 Å². The lowest BCUT2D eigenvalue weighted by molar-refractivity contribution is 0.0997. The lowest BCUT2D eigenvalue weighted by Crippen LogP contribution is -2.17. The number of hydrogen-bond acceptors (Lipinski definition) is 4. The third kappa shape index (κ3) is 4.01. The van der Waals surface area contributed by atoms with Crippen molar-refractivity contribution in [1.82, 2.24) is 0 Å². The predicted octanol–water partition coefficient (Wildman–Crippen LogP) is 2.38. The number of carbonyl (C=O) groups excluding carboxylic acids is 1. The lowest BCUT2D eigenvalue weighted by atomic mass is 10.2. The Morgan fingerprint density at radius 1 is 1.18 bits per heavy atom. The summed E-state index contributed by atoms with van der Waals surface area (Å²) in [5.41, 5.74) is 6.44. The zero-order chi connectivity index (χ0) is 16.3. The van der Waals surface area contributed by atoms with Gasteiger partial charge in [0.1, 0.15) is 4.90 Å². The second kappa shape index (κ2) is 6.70. The van der Waals surface area contributed by atoms with Gasteiger partial charge in [0, 0.05) is 10.6 Å². The molecule has 0 bridgehead atoms. The van der Waals surface area contributed by atoms with E-state index in [0.29, 0.717) is 10.6 Å². The van der Waals surface area contributed by atoms with Crippen LogP contribution in [-0.2, 0) is 15.8 Å². The van der Waals surface area contributed by atoms with E-state index in [1.807, 2.05) is 30.3 Å². The maximum atomic E-state index is 11.6. The first-order chi connectivity index (χ1) is 10.3. The average Bonchev–Trinajstić information content (AvgIpc) is 2.44. The number of amides is 1. The lowest BCUT2D eigenvalue weighted by Gasteiger charge is -2.10. The molecule has 0 spiro atoms. The molecule has 0 aliphatic rings. The molecule has 0 saturated heterocycles. The van der Waals surface area contributed by atoms with Gasteiger partial charge in [0.2, 0.25) is 15.9 Å². The van der Waals surface area contributed by atoms with Crippen LogP contribution in [-0.4, -0.2) is 14.3 Å². The molecule has 0 heterocycles. The minimum Gasteiger partial charge on any atom is -0.366 e. The standard InChI is InChI=1S/C14H13ClN2O3S2/c15-11-7-12(21-8-9-4-2-1-3-5-9)10(14(16)18)6-13(11)22(17,19)20/h1-7H,8H2,(H2,16,18)(H2,17,19,20). The van der Waals surface area contributed by atoms with Gasteiger partial charge in [-0.1, -0.05) is 41.9 Å². The fraction of sp³-hybridized carbons (Fsp3) is 0.0714. The van der Waals surface area contributed by atoms with Crippen molar-refractivity contribution < 1.29 is 13.2 Å². The van der Waals surface area contributed by atoms with E-state index in [1.54, 1.807) is 0 Å². The third-order valence-electron chi connectivity index (χ3n) is 2.84. The van der Waals surface area contributed by atoms with E-state index in [-0.39, 0.29) is 15.5 Å². The minimum absolute atomic E-state index is 0.0388.